The Morgan fingerprint density at radius 1 is 1.40 bits per heavy atom. The lowest BCUT2D eigenvalue weighted by Gasteiger charge is -2.28. The lowest BCUT2D eigenvalue weighted by Crippen LogP contribution is -2.40. The second kappa shape index (κ2) is 4.64. The molecule has 1 rings (SSSR count). The van der Waals surface area contributed by atoms with E-state index in [1.807, 2.05) is 31.2 Å². The molecule has 1 aromatic rings. The second-order valence-electron chi connectivity index (χ2n) is 3.89. The van der Waals surface area contributed by atoms with Gasteiger partial charge < -0.3 is 15.6 Å². The van der Waals surface area contributed by atoms with E-state index in [0.29, 0.717) is 6.61 Å². The average molecular weight is 209 g/mol. The van der Waals surface area contributed by atoms with Crippen LogP contribution in [0.3, 0.4) is 0 Å². The maximum absolute atomic E-state index is 10.1. The van der Waals surface area contributed by atoms with Crippen LogP contribution in [0.2, 0.25) is 0 Å². The lowest BCUT2D eigenvalue weighted by molar-refractivity contribution is 0.0349. The van der Waals surface area contributed by atoms with Gasteiger partial charge in [0.1, 0.15) is 11.4 Å². The molecule has 0 aromatic heterocycles. The molecule has 0 aliphatic heterocycles. The Morgan fingerprint density at radius 2 is 1.93 bits per heavy atom. The fourth-order valence-electron chi connectivity index (χ4n) is 1.32. The third-order valence-corrected chi connectivity index (χ3v) is 2.64. The summed E-state index contributed by atoms with van der Waals surface area (Å²) < 4.78 is 5.32. The number of nitrogens with two attached hydrogens (primary N) is 1. The van der Waals surface area contributed by atoms with Crippen molar-refractivity contribution in [2.75, 3.05) is 6.61 Å². The zero-order valence-corrected chi connectivity index (χ0v) is 9.53. The van der Waals surface area contributed by atoms with E-state index in [1.54, 1.807) is 13.8 Å². The van der Waals surface area contributed by atoms with Gasteiger partial charge in [0, 0.05) is 6.04 Å². The Labute approximate surface area is 90.9 Å². The summed E-state index contributed by atoms with van der Waals surface area (Å²) in [5.74, 6) is 0.807. The topological polar surface area (TPSA) is 55.5 Å². The van der Waals surface area contributed by atoms with Crippen molar-refractivity contribution in [1.82, 2.24) is 0 Å². The van der Waals surface area contributed by atoms with Crippen molar-refractivity contribution < 1.29 is 9.84 Å². The highest BCUT2D eigenvalue weighted by Gasteiger charge is 2.27. The zero-order chi connectivity index (χ0) is 11.5. The van der Waals surface area contributed by atoms with Gasteiger partial charge in [-0.15, -0.1) is 0 Å². The van der Waals surface area contributed by atoms with Crippen molar-refractivity contribution in [3.05, 3.63) is 29.8 Å². The van der Waals surface area contributed by atoms with Crippen molar-refractivity contribution in [2.24, 2.45) is 5.73 Å². The van der Waals surface area contributed by atoms with Crippen LogP contribution in [0.1, 0.15) is 26.3 Å². The van der Waals surface area contributed by atoms with Gasteiger partial charge in [-0.1, -0.05) is 12.1 Å². The highest BCUT2D eigenvalue weighted by molar-refractivity contribution is 5.31. The van der Waals surface area contributed by atoms with Gasteiger partial charge >= 0.3 is 0 Å². The van der Waals surface area contributed by atoms with Crippen LogP contribution in [-0.2, 0) is 5.60 Å². The number of hydrogen-bond donors (Lipinski definition) is 2. The Kier molecular flexibility index (Phi) is 3.72. The molecule has 2 unspecified atom stereocenters. The normalized spacial score (nSPS) is 16.9. The molecule has 0 fully saturated rings. The summed E-state index contributed by atoms with van der Waals surface area (Å²) in [5, 5.41) is 10.1. The molecular formula is C12H19NO2. The van der Waals surface area contributed by atoms with E-state index in [1.165, 1.54) is 0 Å². The lowest BCUT2D eigenvalue weighted by atomic mass is 9.90. The molecule has 0 saturated heterocycles. The second-order valence-corrected chi connectivity index (χ2v) is 3.89. The van der Waals surface area contributed by atoms with Gasteiger partial charge in [-0.05, 0) is 38.5 Å². The minimum absolute atomic E-state index is 0.310. The summed E-state index contributed by atoms with van der Waals surface area (Å²) in [7, 11) is 0. The van der Waals surface area contributed by atoms with Crippen LogP contribution < -0.4 is 10.5 Å². The molecule has 3 heteroatoms. The van der Waals surface area contributed by atoms with E-state index < -0.39 is 5.60 Å². The third-order valence-electron chi connectivity index (χ3n) is 2.64. The van der Waals surface area contributed by atoms with Crippen LogP contribution in [-0.4, -0.2) is 17.8 Å². The first-order chi connectivity index (χ1) is 6.98. The monoisotopic (exact) mass is 209 g/mol. The van der Waals surface area contributed by atoms with E-state index in [-0.39, 0.29) is 6.04 Å². The first-order valence-corrected chi connectivity index (χ1v) is 5.19. The van der Waals surface area contributed by atoms with Crippen LogP contribution in [0.25, 0.3) is 0 Å². The summed E-state index contributed by atoms with van der Waals surface area (Å²) in [6, 6.07) is 7.06. The molecule has 3 nitrogen and oxygen atoms in total. The molecule has 0 heterocycles. The van der Waals surface area contributed by atoms with Gasteiger partial charge in [-0.25, -0.2) is 0 Å². The molecule has 0 aliphatic carbocycles. The molecule has 0 amide bonds. The number of hydrogen-bond acceptors (Lipinski definition) is 3. The molecule has 0 aliphatic rings. The van der Waals surface area contributed by atoms with Crippen molar-refractivity contribution in [3.8, 4) is 5.75 Å². The van der Waals surface area contributed by atoms with Gasteiger partial charge in [-0.3, -0.25) is 0 Å². The van der Waals surface area contributed by atoms with E-state index in [4.69, 9.17) is 10.5 Å². The molecular weight excluding hydrogens is 190 g/mol. The quantitative estimate of drug-likeness (QED) is 0.792. The van der Waals surface area contributed by atoms with Gasteiger partial charge in [0.05, 0.1) is 6.61 Å². The molecule has 3 N–H and O–H groups in total. The van der Waals surface area contributed by atoms with Crippen molar-refractivity contribution in [3.63, 3.8) is 0 Å². The Balaban J connectivity index is 2.88. The summed E-state index contributed by atoms with van der Waals surface area (Å²) in [5.41, 5.74) is 5.53. The summed E-state index contributed by atoms with van der Waals surface area (Å²) in [6.07, 6.45) is 0. The number of rotatable bonds is 4. The average Bonchev–Trinajstić information content (AvgIpc) is 2.19. The first-order valence-electron chi connectivity index (χ1n) is 5.19. The van der Waals surface area contributed by atoms with Crippen LogP contribution in [0.4, 0.5) is 0 Å². The fraction of sp³-hybridized carbons (Fsp3) is 0.500. The molecule has 0 spiro atoms. The van der Waals surface area contributed by atoms with Crippen molar-refractivity contribution >= 4 is 0 Å². The molecule has 0 saturated carbocycles. The predicted octanol–water partition coefficient (Wildman–Crippen LogP) is 1.64. The Morgan fingerprint density at radius 3 is 2.33 bits per heavy atom. The van der Waals surface area contributed by atoms with Crippen molar-refractivity contribution in [1.29, 1.82) is 0 Å². The van der Waals surface area contributed by atoms with Crippen LogP contribution >= 0.6 is 0 Å². The van der Waals surface area contributed by atoms with Gasteiger partial charge in [0.15, 0.2) is 0 Å². The summed E-state index contributed by atoms with van der Waals surface area (Å²) >= 11 is 0. The fourth-order valence-corrected chi connectivity index (χ4v) is 1.32. The highest BCUT2D eigenvalue weighted by Crippen LogP contribution is 2.25. The highest BCUT2D eigenvalue weighted by atomic mass is 16.5. The van der Waals surface area contributed by atoms with Crippen LogP contribution in [0.5, 0.6) is 5.75 Å². The van der Waals surface area contributed by atoms with Crippen LogP contribution in [0, 0.1) is 0 Å². The third kappa shape index (κ3) is 2.70. The summed E-state index contributed by atoms with van der Waals surface area (Å²) in [4.78, 5) is 0. The maximum Gasteiger partial charge on any atom is 0.119 e. The molecule has 1 aromatic carbocycles. The Bertz CT molecular complexity index is 304. The molecule has 15 heavy (non-hydrogen) atoms. The Hall–Kier alpha value is -1.06. The van der Waals surface area contributed by atoms with E-state index in [0.717, 1.165) is 11.3 Å². The summed E-state index contributed by atoms with van der Waals surface area (Å²) in [6.45, 7) is 6.08. The molecule has 0 bridgehead atoms. The molecule has 2 atom stereocenters. The first kappa shape index (κ1) is 12.0. The van der Waals surface area contributed by atoms with Crippen molar-refractivity contribution in [2.45, 2.75) is 32.4 Å². The van der Waals surface area contributed by atoms with E-state index in [9.17, 15) is 5.11 Å². The van der Waals surface area contributed by atoms with E-state index in [2.05, 4.69) is 0 Å². The zero-order valence-electron chi connectivity index (χ0n) is 9.53. The maximum atomic E-state index is 10.1. The number of ether oxygens (including phenoxy) is 1. The predicted molar refractivity (Wildman–Crippen MR) is 60.8 cm³/mol. The van der Waals surface area contributed by atoms with Gasteiger partial charge in [-0.2, -0.15) is 0 Å². The largest absolute Gasteiger partial charge is 0.494 e. The smallest absolute Gasteiger partial charge is 0.119 e. The molecule has 84 valence electrons. The minimum atomic E-state index is -0.995. The minimum Gasteiger partial charge on any atom is -0.494 e. The number of aliphatic hydroxyl groups is 1. The van der Waals surface area contributed by atoms with E-state index >= 15 is 0 Å². The van der Waals surface area contributed by atoms with Gasteiger partial charge in [0.2, 0.25) is 0 Å². The standard InChI is InChI=1S/C12H19NO2/c1-4-15-11-7-5-10(6-8-11)12(3,14)9(2)13/h5-9,14H,4,13H2,1-3H3. The van der Waals surface area contributed by atoms with Gasteiger partial charge in [0.25, 0.3) is 0 Å². The number of benzene rings is 1. The SMILES string of the molecule is CCOc1ccc(C(C)(O)C(C)N)cc1. The van der Waals surface area contributed by atoms with Crippen LogP contribution in [0.15, 0.2) is 24.3 Å². The molecule has 0 radical (unpaired) electrons.